The summed E-state index contributed by atoms with van der Waals surface area (Å²) in [5, 5.41) is 2.98. The van der Waals surface area contributed by atoms with Crippen molar-refractivity contribution in [3.05, 3.63) is 46.3 Å². The summed E-state index contributed by atoms with van der Waals surface area (Å²) in [6, 6.07) is 1.72. The van der Waals surface area contributed by atoms with Gasteiger partial charge in [-0.3, -0.25) is 0 Å². The van der Waals surface area contributed by atoms with Gasteiger partial charge in [-0.1, -0.05) is 0 Å². The summed E-state index contributed by atoms with van der Waals surface area (Å²) in [6.45, 7) is 10.3. The van der Waals surface area contributed by atoms with Gasteiger partial charge in [0, 0.05) is 25.5 Å². The van der Waals surface area contributed by atoms with E-state index in [1.165, 1.54) is 0 Å². The number of aromatic nitrogens is 2. The van der Waals surface area contributed by atoms with Crippen LogP contribution in [0.5, 0.6) is 0 Å². The first kappa shape index (κ1) is 18.4. The van der Waals surface area contributed by atoms with Crippen LogP contribution in [0.25, 0.3) is 0 Å². The van der Waals surface area contributed by atoms with Gasteiger partial charge in [0.25, 0.3) is 0 Å². The van der Waals surface area contributed by atoms with Crippen LogP contribution in [0.2, 0.25) is 0 Å². The molecule has 6 nitrogen and oxygen atoms in total. The van der Waals surface area contributed by atoms with Gasteiger partial charge in [-0.15, -0.1) is 0 Å². The molecule has 0 aliphatic heterocycles. The number of rotatable bonds is 6. The number of nitrogens with zero attached hydrogens (tertiary/aromatic N) is 2. The van der Waals surface area contributed by atoms with Crippen LogP contribution in [0.15, 0.2) is 23.4 Å². The molecule has 1 aromatic carbocycles. The molecule has 2 rings (SSSR count). The molecule has 0 aliphatic rings. The first-order chi connectivity index (χ1) is 11.3. The number of hydrogen-bond acceptors (Lipinski definition) is 5. The molecule has 0 bridgehead atoms. The monoisotopic (exact) mass is 348 g/mol. The van der Waals surface area contributed by atoms with Crippen LogP contribution in [-0.4, -0.2) is 31.5 Å². The molecule has 2 N–H and O–H groups in total. The van der Waals surface area contributed by atoms with Crippen molar-refractivity contribution in [1.29, 1.82) is 0 Å². The van der Waals surface area contributed by atoms with E-state index in [4.69, 9.17) is 0 Å². The average Bonchev–Trinajstić information content (AvgIpc) is 2.56. The molecule has 24 heavy (non-hydrogen) atoms. The van der Waals surface area contributed by atoms with Gasteiger partial charge in [0.1, 0.15) is 0 Å². The molecule has 1 heterocycles. The fourth-order valence-corrected chi connectivity index (χ4v) is 4.32. The molecule has 0 fully saturated rings. The Morgan fingerprint density at radius 2 is 1.33 bits per heavy atom. The fourth-order valence-electron chi connectivity index (χ4n) is 2.69. The Kier molecular flexibility index (Phi) is 5.56. The third-order valence-corrected chi connectivity index (χ3v) is 6.20. The number of sulfonamides is 1. The zero-order chi connectivity index (χ0) is 17.9. The molecule has 1 aromatic heterocycles. The van der Waals surface area contributed by atoms with Gasteiger partial charge in [0.05, 0.1) is 4.90 Å². The third-order valence-electron chi connectivity index (χ3n) is 4.47. The second-order valence-corrected chi connectivity index (χ2v) is 7.55. The maximum absolute atomic E-state index is 12.7. The summed E-state index contributed by atoms with van der Waals surface area (Å²) in [6.07, 6.45) is 3.26. The van der Waals surface area contributed by atoms with Crippen LogP contribution in [0.3, 0.4) is 0 Å². The predicted octanol–water partition coefficient (Wildman–Crippen LogP) is 2.41. The standard InChI is InChI=1S/C17H24N4O2S/c1-11-12(2)14(4)16(15(5)13(11)3)24(22,23)21-10-9-20-17-18-7-6-8-19-17/h6-8,21H,9-10H2,1-5H3,(H,18,19,20). The lowest BCUT2D eigenvalue weighted by atomic mass is 9.95. The van der Waals surface area contributed by atoms with Gasteiger partial charge in [-0.05, 0) is 68.5 Å². The minimum atomic E-state index is -3.57. The Morgan fingerprint density at radius 3 is 1.88 bits per heavy atom. The lowest BCUT2D eigenvalue weighted by Crippen LogP contribution is -2.30. The Balaban J connectivity index is 2.14. The molecule has 2 aromatic rings. The van der Waals surface area contributed by atoms with Gasteiger partial charge >= 0.3 is 0 Å². The van der Waals surface area contributed by atoms with Gasteiger partial charge in [0.15, 0.2) is 0 Å². The summed E-state index contributed by atoms with van der Waals surface area (Å²) in [5.74, 6) is 0.478. The van der Waals surface area contributed by atoms with Crippen LogP contribution in [0, 0.1) is 34.6 Å². The van der Waals surface area contributed by atoms with Crippen molar-refractivity contribution in [3.8, 4) is 0 Å². The molecule has 130 valence electrons. The molecule has 0 atom stereocenters. The summed E-state index contributed by atoms with van der Waals surface area (Å²) in [5.41, 5.74) is 4.81. The van der Waals surface area contributed by atoms with Crippen LogP contribution >= 0.6 is 0 Å². The van der Waals surface area contributed by atoms with E-state index in [9.17, 15) is 8.42 Å². The zero-order valence-electron chi connectivity index (χ0n) is 14.8. The Bertz CT molecular complexity index is 804. The normalized spacial score (nSPS) is 11.5. The molecule has 0 radical (unpaired) electrons. The number of anilines is 1. The van der Waals surface area contributed by atoms with Crippen molar-refractivity contribution in [2.75, 3.05) is 18.4 Å². The van der Waals surface area contributed by atoms with E-state index < -0.39 is 10.0 Å². The first-order valence-electron chi connectivity index (χ1n) is 7.83. The zero-order valence-corrected chi connectivity index (χ0v) is 15.6. The van der Waals surface area contributed by atoms with Crippen LogP contribution in [-0.2, 0) is 10.0 Å². The molecule has 7 heteroatoms. The van der Waals surface area contributed by atoms with Crippen LogP contribution in [0.1, 0.15) is 27.8 Å². The molecule has 0 saturated carbocycles. The maximum Gasteiger partial charge on any atom is 0.241 e. The van der Waals surface area contributed by atoms with Gasteiger partial charge in [-0.2, -0.15) is 0 Å². The summed E-state index contributed by atoms with van der Waals surface area (Å²) < 4.78 is 28.1. The van der Waals surface area contributed by atoms with Crippen molar-refractivity contribution in [2.45, 2.75) is 39.5 Å². The lowest BCUT2D eigenvalue weighted by Gasteiger charge is -2.19. The topological polar surface area (TPSA) is 84.0 Å². The van der Waals surface area contributed by atoms with Crippen molar-refractivity contribution in [2.24, 2.45) is 0 Å². The average molecular weight is 348 g/mol. The highest BCUT2D eigenvalue weighted by atomic mass is 32.2. The summed E-state index contributed by atoms with van der Waals surface area (Å²) in [4.78, 5) is 8.45. The minimum absolute atomic E-state index is 0.255. The highest BCUT2D eigenvalue weighted by Crippen LogP contribution is 2.29. The van der Waals surface area contributed by atoms with Gasteiger partial charge in [0.2, 0.25) is 16.0 Å². The van der Waals surface area contributed by atoms with Gasteiger partial charge < -0.3 is 5.32 Å². The largest absolute Gasteiger partial charge is 0.353 e. The van der Waals surface area contributed by atoms with Gasteiger partial charge in [-0.25, -0.2) is 23.1 Å². The van der Waals surface area contributed by atoms with E-state index in [0.717, 1.165) is 27.8 Å². The van der Waals surface area contributed by atoms with Crippen LogP contribution < -0.4 is 10.0 Å². The maximum atomic E-state index is 12.7. The molecule has 0 saturated heterocycles. The smallest absolute Gasteiger partial charge is 0.241 e. The van der Waals surface area contributed by atoms with E-state index in [-0.39, 0.29) is 6.54 Å². The predicted molar refractivity (Wildman–Crippen MR) is 95.8 cm³/mol. The number of nitrogens with one attached hydrogen (secondary N) is 2. The quantitative estimate of drug-likeness (QED) is 0.783. The van der Waals surface area contributed by atoms with E-state index in [1.807, 2.05) is 34.6 Å². The second kappa shape index (κ2) is 7.27. The first-order valence-corrected chi connectivity index (χ1v) is 9.31. The SMILES string of the molecule is Cc1c(C)c(C)c(S(=O)(=O)NCCNc2ncccn2)c(C)c1C. The third kappa shape index (κ3) is 3.73. The van der Waals surface area contributed by atoms with E-state index in [1.54, 1.807) is 18.5 Å². The second-order valence-electron chi connectivity index (χ2n) is 5.85. The van der Waals surface area contributed by atoms with Crippen molar-refractivity contribution in [1.82, 2.24) is 14.7 Å². The Morgan fingerprint density at radius 1 is 0.833 bits per heavy atom. The molecule has 0 amide bonds. The van der Waals surface area contributed by atoms with E-state index >= 15 is 0 Å². The highest BCUT2D eigenvalue weighted by molar-refractivity contribution is 7.89. The molecule has 0 unspecified atom stereocenters. The summed E-state index contributed by atoms with van der Waals surface area (Å²) >= 11 is 0. The lowest BCUT2D eigenvalue weighted by molar-refractivity contribution is 0.581. The number of hydrogen-bond donors (Lipinski definition) is 2. The Hall–Kier alpha value is -1.99. The molecule has 0 aliphatic carbocycles. The number of benzene rings is 1. The molecular formula is C17H24N4O2S. The van der Waals surface area contributed by atoms with Crippen LogP contribution in [0.4, 0.5) is 5.95 Å². The van der Waals surface area contributed by atoms with Crippen molar-refractivity contribution >= 4 is 16.0 Å². The Labute approximate surface area is 143 Å². The minimum Gasteiger partial charge on any atom is -0.353 e. The van der Waals surface area contributed by atoms with E-state index in [0.29, 0.717) is 17.4 Å². The molecular weight excluding hydrogens is 324 g/mol. The van der Waals surface area contributed by atoms with Crippen molar-refractivity contribution in [3.63, 3.8) is 0 Å². The molecule has 0 spiro atoms. The summed E-state index contributed by atoms with van der Waals surface area (Å²) in [7, 11) is -3.57. The fraction of sp³-hybridized carbons (Fsp3) is 0.412. The highest BCUT2D eigenvalue weighted by Gasteiger charge is 2.23. The van der Waals surface area contributed by atoms with Crippen molar-refractivity contribution < 1.29 is 8.42 Å². The van der Waals surface area contributed by atoms with E-state index in [2.05, 4.69) is 20.0 Å².